The van der Waals surface area contributed by atoms with Crippen LogP contribution < -0.4 is 5.32 Å². The number of rotatable bonds is 8. The highest BCUT2D eigenvalue weighted by Gasteiger charge is 2.08. The molecule has 2 rings (SSSR count). The SMILES string of the molecule is CCc1nncn1CCNC(=NCC(C)C)N(C)Cc1ccccc1.I. The first-order chi connectivity index (χ1) is 12.1. The second kappa shape index (κ2) is 11.9. The van der Waals surface area contributed by atoms with Gasteiger partial charge in [0.2, 0.25) is 0 Å². The third kappa shape index (κ3) is 7.31. The van der Waals surface area contributed by atoms with Crippen molar-refractivity contribution < 1.29 is 0 Å². The van der Waals surface area contributed by atoms with Crippen LogP contribution in [0.5, 0.6) is 0 Å². The molecule has 0 bridgehead atoms. The molecule has 0 radical (unpaired) electrons. The Balaban J connectivity index is 0.00000338. The molecule has 0 aliphatic heterocycles. The van der Waals surface area contributed by atoms with E-state index in [0.29, 0.717) is 5.92 Å². The van der Waals surface area contributed by atoms with Gasteiger partial charge in [0.1, 0.15) is 12.2 Å². The van der Waals surface area contributed by atoms with E-state index in [0.717, 1.165) is 44.4 Å². The maximum atomic E-state index is 4.77. The molecule has 0 atom stereocenters. The molecule has 6 nitrogen and oxygen atoms in total. The number of hydrogen-bond donors (Lipinski definition) is 1. The molecule has 0 amide bonds. The Morgan fingerprint density at radius 2 is 2.00 bits per heavy atom. The summed E-state index contributed by atoms with van der Waals surface area (Å²) >= 11 is 0. The summed E-state index contributed by atoms with van der Waals surface area (Å²) in [7, 11) is 2.08. The van der Waals surface area contributed by atoms with Crippen molar-refractivity contribution in [3.8, 4) is 0 Å². The van der Waals surface area contributed by atoms with Gasteiger partial charge in [-0.25, -0.2) is 0 Å². The summed E-state index contributed by atoms with van der Waals surface area (Å²) in [4.78, 5) is 6.94. The molecule has 0 unspecified atom stereocenters. The van der Waals surface area contributed by atoms with Crippen molar-refractivity contribution in [1.29, 1.82) is 0 Å². The van der Waals surface area contributed by atoms with Crippen LogP contribution in [0.3, 0.4) is 0 Å². The highest BCUT2D eigenvalue weighted by Crippen LogP contribution is 2.04. The topological polar surface area (TPSA) is 58.3 Å². The van der Waals surface area contributed by atoms with Crippen molar-refractivity contribution in [3.63, 3.8) is 0 Å². The second-order valence-corrected chi connectivity index (χ2v) is 6.62. The van der Waals surface area contributed by atoms with Crippen molar-refractivity contribution in [2.24, 2.45) is 10.9 Å². The van der Waals surface area contributed by atoms with Gasteiger partial charge in [-0.1, -0.05) is 51.1 Å². The smallest absolute Gasteiger partial charge is 0.194 e. The average molecular weight is 470 g/mol. The highest BCUT2D eigenvalue weighted by molar-refractivity contribution is 14.0. The minimum absolute atomic E-state index is 0. The van der Waals surface area contributed by atoms with Gasteiger partial charge in [-0.05, 0) is 11.5 Å². The van der Waals surface area contributed by atoms with Crippen molar-refractivity contribution in [3.05, 3.63) is 48.0 Å². The minimum atomic E-state index is 0. The number of nitrogens with zero attached hydrogens (tertiary/aromatic N) is 5. The van der Waals surface area contributed by atoms with E-state index in [1.807, 2.05) is 6.07 Å². The molecule has 144 valence electrons. The molecule has 1 heterocycles. The second-order valence-electron chi connectivity index (χ2n) is 6.62. The Labute approximate surface area is 174 Å². The van der Waals surface area contributed by atoms with E-state index in [9.17, 15) is 0 Å². The molecule has 0 aliphatic rings. The Bertz CT molecular complexity index is 653. The molecule has 0 saturated carbocycles. The predicted octanol–water partition coefficient (Wildman–Crippen LogP) is 3.19. The summed E-state index contributed by atoms with van der Waals surface area (Å²) < 4.78 is 2.09. The monoisotopic (exact) mass is 470 g/mol. The number of aliphatic imine (C=N–C) groups is 1. The van der Waals surface area contributed by atoms with Gasteiger partial charge in [0.05, 0.1) is 0 Å². The number of aryl methyl sites for hydroxylation is 1. The van der Waals surface area contributed by atoms with Crippen LogP contribution in [0.4, 0.5) is 0 Å². The number of hydrogen-bond acceptors (Lipinski definition) is 3. The molecule has 1 N–H and O–H groups in total. The molecular weight excluding hydrogens is 439 g/mol. The van der Waals surface area contributed by atoms with E-state index in [2.05, 4.69) is 77.1 Å². The van der Waals surface area contributed by atoms with Crippen LogP contribution in [0, 0.1) is 5.92 Å². The fraction of sp³-hybridized carbons (Fsp3) is 0.526. The largest absolute Gasteiger partial charge is 0.354 e. The van der Waals surface area contributed by atoms with Gasteiger partial charge >= 0.3 is 0 Å². The summed E-state index contributed by atoms with van der Waals surface area (Å²) in [5.74, 6) is 2.48. The fourth-order valence-corrected chi connectivity index (χ4v) is 2.54. The number of halogens is 1. The van der Waals surface area contributed by atoms with Gasteiger partial charge in [0.25, 0.3) is 0 Å². The van der Waals surface area contributed by atoms with Crippen molar-refractivity contribution in [1.82, 2.24) is 25.0 Å². The van der Waals surface area contributed by atoms with Crippen LogP contribution in [0.2, 0.25) is 0 Å². The lowest BCUT2D eigenvalue weighted by Crippen LogP contribution is -2.40. The zero-order valence-corrected chi connectivity index (χ0v) is 18.6. The summed E-state index contributed by atoms with van der Waals surface area (Å²) in [6.45, 7) is 9.73. The number of benzene rings is 1. The van der Waals surface area contributed by atoms with Crippen LogP contribution in [0.1, 0.15) is 32.2 Å². The zero-order valence-electron chi connectivity index (χ0n) is 16.2. The van der Waals surface area contributed by atoms with Gasteiger partial charge < -0.3 is 14.8 Å². The Morgan fingerprint density at radius 3 is 2.65 bits per heavy atom. The summed E-state index contributed by atoms with van der Waals surface area (Å²) in [6.07, 6.45) is 2.68. The van der Waals surface area contributed by atoms with Crippen LogP contribution in [0.15, 0.2) is 41.7 Å². The van der Waals surface area contributed by atoms with Crippen LogP contribution >= 0.6 is 24.0 Å². The summed E-state index contributed by atoms with van der Waals surface area (Å²) in [6, 6.07) is 10.5. The molecule has 0 spiro atoms. The number of aromatic nitrogens is 3. The molecular formula is C19H31IN6. The summed E-state index contributed by atoms with van der Waals surface area (Å²) in [5, 5.41) is 11.6. The van der Waals surface area contributed by atoms with Crippen LogP contribution in [-0.2, 0) is 19.5 Å². The Kier molecular flexibility index (Phi) is 10.2. The maximum absolute atomic E-state index is 4.77. The fourth-order valence-electron chi connectivity index (χ4n) is 2.54. The van der Waals surface area contributed by atoms with E-state index in [-0.39, 0.29) is 24.0 Å². The molecule has 0 fully saturated rings. The third-order valence-corrected chi connectivity index (χ3v) is 3.88. The van der Waals surface area contributed by atoms with E-state index in [1.165, 1.54) is 5.56 Å². The van der Waals surface area contributed by atoms with E-state index < -0.39 is 0 Å². The number of nitrogens with one attached hydrogen (secondary N) is 1. The predicted molar refractivity (Wildman–Crippen MR) is 118 cm³/mol. The number of guanidine groups is 1. The first-order valence-electron chi connectivity index (χ1n) is 9.00. The van der Waals surface area contributed by atoms with Crippen LogP contribution in [-0.4, -0.2) is 45.8 Å². The average Bonchev–Trinajstić information content (AvgIpc) is 3.06. The zero-order chi connectivity index (χ0) is 18.1. The van der Waals surface area contributed by atoms with Gasteiger partial charge in [-0.15, -0.1) is 34.2 Å². The lowest BCUT2D eigenvalue weighted by atomic mass is 10.2. The molecule has 2 aromatic rings. The van der Waals surface area contributed by atoms with E-state index in [4.69, 9.17) is 4.99 Å². The van der Waals surface area contributed by atoms with E-state index >= 15 is 0 Å². The Hall–Kier alpha value is -1.64. The van der Waals surface area contributed by atoms with E-state index in [1.54, 1.807) is 6.33 Å². The van der Waals surface area contributed by atoms with Crippen molar-refractivity contribution in [2.75, 3.05) is 20.1 Å². The molecule has 1 aromatic carbocycles. The lowest BCUT2D eigenvalue weighted by Gasteiger charge is -2.23. The first-order valence-corrected chi connectivity index (χ1v) is 9.00. The molecule has 0 saturated heterocycles. The summed E-state index contributed by atoms with van der Waals surface area (Å²) in [5.41, 5.74) is 1.27. The lowest BCUT2D eigenvalue weighted by molar-refractivity contribution is 0.467. The minimum Gasteiger partial charge on any atom is -0.354 e. The van der Waals surface area contributed by atoms with Crippen LogP contribution in [0.25, 0.3) is 0 Å². The van der Waals surface area contributed by atoms with Gasteiger partial charge in [-0.2, -0.15) is 0 Å². The van der Waals surface area contributed by atoms with Gasteiger partial charge in [0.15, 0.2) is 5.96 Å². The quantitative estimate of drug-likeness (QED) is 0.366. The Morgan fingerprint density at radius 1 is 1.27 bits per heavy atom. The third-order valence-electron chi connectivity index (χ3n) is 3.88. The standard InChI is InChI=1S/C19H30N6.HI/c1-5-18-23-22-15-25(18)12-11-20-19(21-13-16(2)3)24(4)14-17-9-7-6-8-10-17;/h6-10,15-16H,5,11-14H2,1-4H3,(H,20,21);1H. The van der Waals surface area contributed by atoms with Crippen molar-refractivity contribution >= 4 is 29.9 Å². The maximum Gasteiger partial charge on any atom is 0.194 e. The highest BCUT2D eigenvalue weighted by atomic mass is 127. The van der Waals surface area contributed by atoms with Gasteiger partial charge in [-0.3, -0.25) is 4.99 Å². The molecule has 26 heavy (non-hydrogen) atoms. The molecule has 1 aromatic heterocycles. The first kappa shape index (κ1) is 22.4. The molecule has 0 aliphatic carbocycles. The van der Waals surface area contributed by atoms with Gasteiger partial charge in [0, 0.05) is 39.6 Å². The molecule has 7 heteroatoms. The normalized spacial score (nSPS) is 11.3. The van der Waals surface area contributed by atoms with Crippen molar-refractivity contribution in [2.45, 2.75) is 40.3 Å².